The van der Waals surface area contributed by atoms with E-state index in [-0.39, 0.29) is 0 Å². The Morgan fingerprint density at radius 2 is 1.76 bits per heavy atom. The van der Waals surface area contributed by atoms with Gasteiger partial charge < -0.3 is 9.32 Å². The smallest absolute Gasteiger partial charge is 0.269 e. The molecule has 0 radical (unpaired) electrons. The Balaban J connectivity index is 2.24. The molecule has 136 valence electrons. The Kier molecular flexibility index (Phi) is 7.51. The van der Waals surface area contributed by atoms with Gasteiger partial charge in [-0.05, 0) is 49.3 Å². The Bertz CT molecular complexity index is 828. The molecular weight excluding hydrogens is 328 g/mol. The van der Waals surface area contributed by atoms with Crippen LogP contribution in [0.5, 0.6) is 0 Å². The molecule has 0 saturated carbocycles. The van der Waals surface area contributed by atoms with Crippen molar-refractivity contribution in [3.63, 3.8) is 0 Å². The summed E-state index contributed by atoms with van der Waals surface area (Å²) in [5, 5.41) is 1.08. The van der Waals surface area contributed by atoms with Crippen molar-refractivity contribution < 1.29 is 4.42 Å². The molecule has 0 aliphatic carbocycles. The molecule has 0 atom stereocenters. The summed E-state index contributed by atoms with van der Waals surface area (Å²) in [6, 6.07) is 8.44. The zero-order valence-corrected chi connectivity index (χ0v) is 16.7. The average Bonchev–Trinajstić information content (AvgIpc) is 2.89. The number of hydrogen-bond acceptors (Lipinski definition) is 3. The Morgan fingerprint density at radius 3 is 2.36 bits per heavy atom. The predicted molar refractivity (Wildman–Crippen MR) is 110 cm³/mol. The summed E-state index contributed by atoms with van der Waals surface area (Å²) in [4.78, 5) is 2.66. The van der Waals surface area contributed by atoms with Crippen LogP contribution in [-0.2, 0) is 6.54 Å². The van der Waals surface area contributed by atoms with Crippen molar-refractivity contribution in [1.29, 1.82) is 0 Å². The lowest BCUT2D eigenvalue weighted by molar-refractivity contribution is 0.474. The Labute approximate surface area is 156 Å². The molecule has 0 unspecified atom stereocenters. The zero-order chi connectivity index (χ0) is 18.2. The monoisotopic (exact) mass is 358 g/mol. The van der Waals surface area contributed by atoms with Gasteiger partial charge >= 0.3 is 0 Å². The van der Waals surface area contributed by atoms with Gasteiger partial charge in [0.25, 0.3) is 4.84 Å². The predicted octanol–water partition coefficient (Wildman–Crippen LogP) is 4.48. The second-order valence-electron chi connectivity index (χ2n) is 6.60. The van der Waals surface area contributed by atoms with Crippen molar-refractivity contribution in [2.24, 2.45) is 0 Å². The molecule has 0 bridgehead atoms. The van der Waals surface area contributed by atoms with Gasteiger partial charge in [0.05, 0.1) is 5.35 Å². The number of nitrogens with zero attached hydrogens (tertiary/aromatic N) is 2. The minimum atomic E-state index is 0.569. The van der Waals surface area contributed by atoms with Gasteiger partial charge in [-0.1, -0.05) is 50.8 Å². The first-order valence-electron chi connectivity index (χ1n) is 9.22. The summed E-state index contributed by atoms with van der Waals surface area (Å²) in [6.45, 7) is 5.21. The van der Waals surface area contributed by atoms with Gasteiger partial charge in [-0.25, -0.2) is 0 Å². The molecule has 0 aliphatic rings. The van der Waals surface area contributed by atoms with Crippen molar-refractivity contribution in [2.75, 3.05) is 19.0 Å². The van der Waals surface area contributed by atoms with Crippen LogP contribution < -0.4 is 15.7 Å². The maximum Gasteiger partial charge on any atom is 0.269 e. The maximum atomic E-state index is 5.88. The quantitative estimate of drug-likeness (QED) is 0.513. The molecule has 0 aliphatic heterocycles. The van der Waals surface area contributed by atoms with Gasteiger partial charge in [0.15, 0.2) is 5.42 Å². The highest BCUT2D eigenvalue weighted by Crippen LogP contribution is 2.12. The van der Waals surface area contributed by atoms with Gasteiger partial charge in [0.1, 0.15) is 0 Å². The van der Waals surface area contributed by atoms with Crippen LogP contribution in [0.3, 0.4) is 0 Å². The maximum absolute atomic E-state index is 5.88. The number of rotatable bonds is 8. The Morgan fingerprint density at radius 1 is 1.08 bits per heavy atom. The minimum absolute atomic E-state index is 0.569. The highest BCUT2D eigenvalue weighted by molar-refractivity contribution is 7.71. The lowest BCUT2D eigenvalue weighted by Crippen LogP contribution is -2.29. The van der Waals surface area contributed by atoms with Gasteiger partial charge in [-0.2, -0.15) is 0 Å². The van der Waals surface area contributed by atoms with E-state index < -0.39 is 0 Å². The zero-order valence-electron chi connectivity index (χ0n) is 15.9. The highest BCUT2D eigenvalue weighted by atomic mass is 32.1. The lowest BCUT2D eigenvalue weighted by Gasteiger charge is -2.11. The second-order valence-corrected chi connectivity index (χ2v) is 6.95. The van der Waals surface area contributed by atoms with Crippen LogP contribution in [0.25, 0.3) is 12.2 Å². The van der Waals surface area contributed by atoms with Crippen LogP contribution in [0, 0.1) is 4.84 Å². The van der Waals surface area contributed by atoms with Gasteiger partial charge in [-0.15, -0.1) is 0 Å². The molecular formula is C21H30N2OS. The molecule has 1 heterocycles. The van der Waals surface area contributed by atoms with Crippen LogP contribution in [0.15, 0.2) is 28.7 Å². The third kappa shape index (κ3) is 5.33. The fraction of sp³-hybridized carbons (Fsp3) is 0.476. The number of oxazole rings is 1. The summed E-state index contributed by atoms with van der Waals surface area (Å²) in [7, 11) is 4.09. The van der Waals surface area contributed by atoms with Crippen molar-refractivity contribution in [2.45, 2.75) is 52.5 Å². The minimum Gasteiger partial charge on any atom is -0.429 e. The van der Waals surface area contributed by atoms with Crippen molar-refractivity contribution in [3.05, 3.63) is 45.4 Å². The molecule has 1 aromatic heterocycles. The molecule has 0 N–H and O–H groups in total. The van der Waals surface area contributed by atoms with E-state index in [9.17, 15) is 0 Å². The first-order valence-corrected chi connectivity index (χ1v) is 9.62. The fourth-order valence-electron chi connectivity index (χ4n) is 2.94. The van der Waals surface area contributed by atoms with Crippen LogP contribution in [-0.4, -0.2) is 18.7 Å². The van der Waals surface area contributed by atoms with E-state index in [4.69, 9.17) is 16.6 Å². The molecule has 0 spiro atoms. The van der Waals surface area contributed by atoms with Gasteiger partial charge in [-0.3, -0.25) is 4.57 Å². The molecule has 3 nitrogen and oxygen atoms in total. The van der Waals surface area contributed by atoms with Crippen molar-refractivity contribution in [3.8, 4) is 0 Å². The topological polar surface area (TPSA) is 21.3 Å². The second kappa shape index (κ2) is 9.62. The molecule has 0 fully saturated rings. The standard InChI is InChI=1S/C21H30N2OS/c1-5-7-8-9-10-15-23-19(6-2)20(24-21(23)25)16-17-11-13-18(14-12-17)22(3)4/h6,11-14,16H,5,7-10,15H2,1-4H3/b19-6?,20-16+. The van der Waals surface area contributed by atoms with E-state index in [1.54, 1.807) is 0 Å². The number of hydrogen-bond donors (Lipinski definition) is 0. The SMILES string of the molecule is CC=c1/c(=C\c2ccc(N(C)C)cc2)oc(=S)n1CCCCCCC. The van der Waals surface area contributed by atoms with E-state index in [1.165, 1.54) is 31.4 Å². The number of anilines is 1. The number of aromatic nitrogens is 1. The number of unbranched alkanes of at least 4 members (excludes halogenated alkanes) is 4. The highest BCUT2D eigenvalue weighted by Gasteiger charge is 2.03. The summed E-state index contributed by atoms with van der Waals surface area (Å²) in [5.41, 5.74) is 3.15. The van der Waals surface area contributed by atoms with Crippen LogP contribution >= 0.6 is 12.2 Å². The fourth-order valence-corrected chi connectivity index (χ4v) is 3.22. The molecule has 2 aromatic rings. The van der Waals surface area contributed by atoms with Crippen LogP contribution in [0.2, 0.25) is 0 Å². The molecule has 1 aromatic carbocycles. The average molecular weight is 359 g/mol. The molecule has 0 amide bonds. The number of benzene rings is 1. The normalized spacial score (nSPS) is 12.8. The van der Waals surface area contributed by atoms with E-state index >= 15 is 0 Å². The van der Waals surface area contributed by atoms with Gasteiger partial charge in [0.2, 0.25) is 0 Å². The van der Waals surface area contributed by atoms with E-state index in [1.807, 2.05) is 21.0 Å². The lowest BCUT2D eigenvalue weighted by atomic mass is 10.1. The van der Waals surface area contributed by atoms with Crippen molar-refractivity contribution in [1.82, 2.24) is 4.57 Å². The van der Waals surface area contributed by atoms with E-state index in [2.05, 4.69) is 52.8 Å². The summed E-state index contributed by atoms with van der Waals surface area (Å²) in [5.74, 6) is 0. The molecule has 4 heteroatoms. The third-order valence-corrected chi connectivity index (χ3v) is 4.73. The molecule has 0 saturated heterocycles. The summed E-state index contributed by atoms with van der Waals surface area (Å²) >= 11 is 5.45. The first kappa shape index (κ1) is 19.5. The first-order chi connectivity index (χ1) is 12.1. The Hall–Kier alpha value is -1.81. The van der Waals surface area contributed by atoms with Gasteiger partial charge in [0, 0.05) is 26.3 Å². The van der Waals surface area contributed by atoms with E-state index in [0.717, 1.165) is 29.3 Å². The molecule has 2 rings (SSSR count). The molecule has 25 heavy (non-hydrogen) atoms. The van der Waals surface area contributed by atoms with Crippen LogP contribution in [0.4, 0.5) is 5.69 Å². The largest absolute Gasteiger partial charge is 0.429 e. The third-order valence-electron chi connectivity index (χ3n) is 4.43. The summed E-state index contributed by atoms with van der Waals surface area (Å²) in [6.07, 6.45) is 10.4. The van der Waals surface area contributed by atoms with E-state index in [0.29, 0.717) is 4.84 Å². The summed E-state index contributed by atoms with van der Waals surface area (Å²) < 4.78 is 8.00. The van der Waals surface area contributed by atoms with Crippen molar-refractivity contribution >= 4 is 30.1 Å². The van der Waals surface area contributed by atoms with Crippen LogP contribution in [0.1, 0.15) is 51.5 Å².